The molecule has 1 saturated heterocycles. The number of carbonyl (C=O) groups is 1. The highest BCUT2D eigenvalue weighted by atomic mass is 35.5. The Kier molecular flexibility index (Phi) is 11.3. The van der Waals surface area contributed by atoms with Crippen LogP contribution in [0.5, 0.6) is 0 Å². The third-order valence-corrected chi connectivity index (χ3v) is 4.24. The van der Waals surface area contributed by atoms with Crippen molar-refractivity contribution >= 4 is 48.8 Å². The van der Waals surface area contributed by atoms with Crippen LogP contribution < -0.4 is 11.1 Å². The van der Waals surface area contributed by atoms with Crippen LogP contribution in [0.4, 0.5) is 5.69 Å². The molecule has 0 bridgehead atoms. The Balaban J connectivity index is 0.00000208. The highest BCUT2D eigenvalue weighted by Gasteiger charge is 2.21. The van der Waals surface area contributed by atoms with Gasteiger partial charge in [0.25, 0.3) is 5.91 Å². The molecule has 1 aliphatic heterocycles. The van der Waals surface area contributed by atoms with Gasteiger partial charge < -0.3 is 11.1 Å². The number of hydrogen-bond donors (Lipinski definition) is 2. The number of nitrogen functional groups attached to an aromatic ring is 1. The lowest BCUT2D eigenvalue weighted by molar-refractivity contribution is 0.0909. The Morgan fingerprint density at radius 2 is 1.73 bits per heavy atom. The second-order valence-corrected chi connectivity index (χ2v) is 5.93. The van der Waals surface area contributed by atoms with Crippen molar-refractivity contribution in [3.8, 4) is 0 Å². The monoisotopic (exact) mass is 418 g/mol. The van der Waals surface area contributed by atoms with Crippen molar-refractivity contribution in [3.05, 3.63) is 59.9 Å². The van der Waals surface area contributed by atoms with Crippen molar-refractivity contribution in [1.82, 2.24) is 15.2 Å². The summed E-state index contributed by atoms with van der Waals surface area (Å²) in [6.45, 7) is 2.80. The zero-order chi connectivity index (χ0) is 16.1. The molecule has 2 heterocycles. The number of nitrogens with zero attached hydrogens (tertiary/aromatic N) is 2. The van der Waals surface area contributed by atoms with Gasteiger partial charge in [0.15, 0.2) is 0 Å². The summed E-state index contributed by atoms with van der Waals surface area (Å²) in [6, 6.07) is 13.4. The van der Waals surface area contributed by atoms with E-state index < -0.39 is 0 Å². The fourth-order valence-corrected chi connectivity index (χ4v) is 2.92. The summed E-state index contributed by atoms with van der Waals surface area (Å²) in [5.74, 6) is -0.0775. The Bertz CT molecular complexity index is 664. The summed E-state index contributed by atoms with van der Waals surface area (Å²) >= 11 is 0. The number of piperidine rings is 1. The fourth-order valence-electron chi connectivity index (χ4n) is 2.92. The van der Waals surface area contributed by atoms with Crippen LogP contribution in [0, 0.1) is 0 Å². The number of halogens is 3. The molecule has 26 heavy (non-hydrogen) atoms. The molecule has 0 saturated carbocycles. The standard InChI is InChI=1S/C18H22N4O.3ClH/c19-17-7-2-1-6-16(17)18(23)21-14-8-11-22(12-9-14)13-15-5-3-4-10-20-15;;;/h1-7,10,14H,8-9,11-13,19H2,(H,21,23);3*1H. The zero-order valence-electron chi connectivity index (χ0n) is 14.3. The number of para-hydroxylation sites is 1. The minimum Gasteiger partial charge on any atom is -0.398 e. The van der Waals surface area contributed by atoms with Crippen LogP contribution in [-0.2, 0) is 6.54 Å². The molecule has 0 unspecified atom stereocenters. The second kappa shape index (κ2) is 12.0. The van der Waals surface area contributed by atoms with Crippen molar-refractivity contribution in [1.29, 1.82) is 0 Å². The molecule has 1 aliphatic rings. The summed E-state index contributed by atoms with van der Waals surface area (Å²) in [5.41, 5.74) is 8.03. The highest BCUT2D eigenvalue weighted by molar-refractivity contribution is 5.99. The highest BCUT2D eigenvalue weighted by Crippen LogP contribution is 2.15. The average molecular weight is 420 g/mol. The number of amides is 1. The second-order valence-electron chi connectivity index (χ2n) is 5.93. The molecule has 1 aromatic heterocycles. The van der Waals surface area contributed by atoms with Gasteiger partial charge in [-0.25, -0.2) is 0 Å². The quantitative estimate of drug-likeness (QED) is 0.746. The Morgan fingerprint density at radius 1 is 1.08 bits per heavy atom. The van der Waals surface area contributed by atoms with Crippen molar-refractivity contribution < 1.29 is 4.79 Å². The van der Waals surface area contributed by atoms with E-state index in [0.717, 1.165) is 38.2 Å². The number of anilines is 1. The van der Waals surface area contributed by atoms with Gasteiger partial charge in [-0.05, 0) is 37.1 Å². The first kappa shape index (κ1) is 24.5. The van der Waals surface area contributed by atoms with E-state index in [0.29, 0.717) is 11.3 Å². The molecule has 1 aromatic carbocycles. The molecule has 5 nitrogen and oxygen atoms in total. The number of nitrogens with two attached hydrogens (primary N) is 1. The van der Waals surface area contributed by atoms with Gasteiger partial charge in [0.2, 0.25) is 0 Å². The van der Waals surface area contributed by atoms with Crippen LogP contribution >= 0.6 is 37.2 Å². The number of pyridine rings is 1. The molecular formula is C18H25Cl3N4O. The first-order valence-electron chi connectivity index (χ1n) is 8.00. The summed E-state index contributed by atoms with van der Waals surface area (Å²) in [5, 5.41) is 3.10. The molecule has 144 valence electrons. The minimum atomic E-state index is -0.0775. The number of hydrogen-bond acceptors (Lipinski definition) is 4. The number of aromatic nitrogens is 1. The summed E-state index contributed by atoms with van der Waals surface area (Å²) in [6.07, 6.45) is 3.73. The van der Waals surface area contributed by atoms with Crippen molar-refractivity contribution in [2.45, 2.75) is 25.4 Å². The largest absolute Gasteiger partial charge is 0.398 e. The molecule has 0 radical (unpaired) electrons. The van der Waals surface area contributed by atoms with Crippen molar-refractivity contribution in [3.63, 3.8) is 0 Å². The third kappa shape index (κ3) is 6.65. The fraction of sp³-hybridized carbons (Fsp3) is 0.333. The molecule has 0 spiro atoms. The van der Waals surface area contributed by atoms with E-state index in [1.165, 1.54) is 0 Å². The van der Waals surface area contributed by atoms with E-state index in [1.807, 2.05) is 36.5 Å². The van der Waals surface area contributed by atoms with Crippen molar-refractivity contribution in [2.75, 3.05) is 18.8 Å². The summed E-state index contributed by atoms with van der Waals surface area (Å²) < 4.78 is 0. The maximum atomic E-state index is 12.3. The van der Waals surface area contributed by atoms with Gasteiger partial charge in [-0.15, -0.1) is 37.2 Å². The molecule has 2 aromatic rings. The molecule has 8 heteroatoms. The average Bonchev–Trinajstić information content (AvgIpc) is 2.58. The Hall–Kier alpha value is -1.53. The van der Waals surface area contributed by atoms with E-state index in [1.54, 1.807) is 12.1 Å². The van der Waals surface area contributed by atoms with Gasteiger partial charge in [0, 0.05) is 37.6 Å². The Labute approximate surface area is 173 Å². The number of benzene rings is 1. The maximum absolute atomic E-state index is 12.3. The van der Waals surface area contributed by atoms with E-state index in [9.17, 15) is 4.79 Å². The van der Waals surface area contributed by atoms with Gasteiger partial charge in [-0.2, -0.15) is 0 Å². The van der Waals surface area contributed by atoms with Crippen LogP contribution in [0.1, 0.15) is 28.9 Å². The molecule has 1 fully saturated rings. The number of likely N-dealkylation sites (tertiary alicyclic amines) is 1. The summed E-state index contributed by atoms with van der Waals surface area (Å²) in [4.78, 5) is 19.0. The molecule has 0 atom stereocenters. The van der Waals surface area contributed by atoms with Crippen LogP contribution in [0.15, 0.2) is 48.7 Å². The van der Waals surface area contributed by atoms with Crippen LogP contribution in [-0.4, -0.2) is 34.9 Å². The number of carbonyl (C=O) groups excluding carboxylic acids is 1. The first-order valence-corrected chi connectivity index (χ1v) is 8.00. The SMILES string of the molecule is Cl.Cl.Cl.Nc1ccccc1C(=O)NC1CCN(Cc2ccccn2)CC1. The van der Waals surface area contributed by atoms with E-state index >= 15 is 0 Å². The smallest absolute Gasteiger partial charge is 0.253 e. The van der Waals surface area contributed by atoms with E-state index in [4.69, 9.17) is 5.73 Å². The lowest BCUT2D eigenvalue weighted by Crippen LogP contribution is -2.44. The number of rotatable bonds is 4. The van der Waals surface area contributed by atoms with Gasteiger partial charge in [-0.3, -0.25) is 14.7 Å². The first-order chi connectivity index (χ1) is 11.2. The molecular weight excluding hydrogens is 395 g/mol. The molecule has 1 amide bonds. The topological polar surface area (TPSA) is 71.2 Å². The molecule has 3 N–H and O–H groups in total. The predicted octanol–water partition coefficient (Wildman–Crippen LogP) is 3.32. The Morgan fingerprint density at radius 3 is 2.35 bits per heavy atom. The van der Waals surface area contributed by atoms with E-state index in [2.05, 4.69) is 15.2 Å². The molecule has 3 rings (SSSR count). The van der Waals surface area contributed by atoms with Gasteiger partial charge in [0.1, 0.15) is 0 Å². The normalized spacial score (nSPS) is 14.3. The lowest BCUT2D eigenvalue weighted by Gasteiger charge is -2.32. The number of nitrogens with one attached hydrogen (secondary N) is 1. The van der Waals surface area contributed by atoms with Crippen LogP contribution in [0.25, 0.3) is 0 Å². The van der Waals surface area contributed by atoms with Crippen LogP contribution in [0.3, 0.4) is 0 Å². The van der Waals surface area contributed by atoms with Crippen molar-refractivity contribution in [2.24, 2.45) is 0 Å². The predicted molar refractivity (Wildman–Crippen MR) is 113 cm³/mol. The lowest BCUT2D eigenvalue weighted by atomic mass is 10.0. The van der Waals surface area contributed by atoms with Gasteiger partial charge in [0.05, 0.1) is 11.3 Å². The van der Waals surface area contributed by atoms with Gasteiger partial charge >= 0.3 is 0 Å². The summed E-state index contributed by atoms with van der Waals surface area (Å²) in [7, 11) is 0. The third-order valence-electron chi connectivity index (χ3n) is 4.24. The maximum Gasteiger partial charge on any atom is 0.253 e. The minimum absolute atomic E-state index is 0. The zero-order valence-corrected chi connectivity index (χ0v) is 16.8. The van der Waals surface area contributed by atoms with Crippen LogP contribution in [0.2, 0.25) is 0 Å². The molecule has 0 aliphatic carbocycles. The van der Waals surface area contributed by atoms with E-state index in [-0.39, 0.29) is 49.2 Å². The van der Waals surface area contributed by atoms with Gasteiger partial charge in [-0.1, -0.05) is 18.2 Å².